The molecule has 0 N–H and O–H groups in total. The Morgan fingerprint density at radius 1 is 0.593 bits per heavy atom. The van der Waals surface area contributed by atoms with Crippen LogP contribution in [0.1, 0.15) is 82.6 Å². The molecule has 0 bridgehead atoms. The van der Waals surface area contributed by atoms with Crippen LogP contribution in [0.2, 0.25) is 0 Å². The minimum Gasteiger partial charge on any atom is -0.335 e. The number of hydrogen-bond donors (Lipinski definition) is 0. The first-order valence-corrected chi connectivity index (χ1v) is 20.0. The predicted molar refractivity (Wildman–Crippen MR) is 231 cm³/mol. The van der Waals surface area contributed by atoms with Gasteiger partial charge >= 0.3 is 0 Å². The Bertz CT molecular complexity index is 2430. The largest absolute Gasteiger partial charge is 0.335 e. The lowest BCUT2D eigenvalue weighted by molar-refractivity contribution is 0.195. The zero-order valence-electron chi connectivity index (χ0n) is 32.9. The molecule has 10 rings (SSSR count). The van der Waals surface area contributed by atoms with Gasteiger partial charge in [-0.2, -0.15) is 0 Å². The molecule has 1 fully saturated rings. The fourth-order valence-electron chi connectivity index (χ4n) is 10.8. The van der Waals surface area contributed by atoms with Crippen molar-refractivity contribution in [1.29, 1.82) is 0 Å². The second kappa shape index (κ2) is 11.6. The summed E-state index contributed by atoms with van der Waals surface area (Å²) < 4.78 is 0. The highest BCUT2D eigenvalue weighted by Gasteiger charge is 2.61. The Morgan fingerprint density at radius 3 is 1.91 bits per heavy atom. The summed E-state index contributed by atoms with van der Waals surface area (Å²) in [6.07, 6.45) is 4.90. The highest BCUT2D eigenvalue weighted by atomic mass is 15.3. The van der Waals surface area contributed by atoms with Crippen molar-refractivity contribution < 1.29 is 0 Å². The van der Waals surface area contributed by atoms with Crippen LogP contribution in [0.25, 0.3) is 0 Å². The summed E-state index contributed by atoms with van der Waals surface area (Å²) in [6.45, 7) is 17.1. The molecule has 1 saturated carbocycles. The molecule has 2 unspecified atom stereocenters. The summed E-state index contributed by atoms with van der Waals surface area (Å²) in [5.41, 5.74) is 20.0. The van der Waals surface area contributed by atoms with Crippen LogP contribution in [-0.4, -0.2) is 12.3 Å². The summed E-state index contributed by atoms with van der Waals surface area (Å²) in [4.78, 5) is 7.95. The molecule has 268 valence electrons. The maximum atomic E-state index is 2.87. The van der Waals surface area contributed by atoms with Gasteiger partial charge in [0.2, 0.25) is 0 Å². The van der Waals surface area contributed by atoms with E-state index in [4.69, 9.17) is 0 Å². The monoisotopic (exact) mass is 703 g/mol. The zero-order chi connectivity index (χ0) is 37.1. The van der Waals surface area contributed by atoms with Gasteiger partial charge in [0.15, 0.2) is 0 Å². The van der Waals surface area contributed by atoms with Crippen molar-refractivity contribution >= 4 is 68.6 Å². The second-order valence-electron chi connectivity index (χ2n) is 17.8. The number of para-hydroxylation sites is 4. The normalized spacial score (nSPS) is 20.6. The van der Waals surface area contributed by atoms with Gasteiger partial charge in [-0.05, 0) is 120 Å². The van der Waals surface area contributed by atoms with Gasteiger partial charge in [-0.25, -0.2) is 0 Å². The van der Waals surface area contributed by atoms with E-state index in [9.17, 15) is 0 Å². The Balaban J connectivity index is 1.38. The lowest BCUT2D eigenvalue weighted by atomic mass is 9.33. The van der Waals surface area contributed by atoms with Crippen LogP contribution in [-0.2, 0) is 10.8 Å². The van der Waals surface area contributed by atoms with Gasteiger partial charge in [-0.3, -0.25) is 0 Å². The van der Waals surface area contributed by atoms with E-state index >= 15 is 0 Å². The van der Waals surface area contributed by atoms with Crippen LogP contribution in [0, 0.1) is 13.8 Å². The lowest BCUT2D eigenvalue weighted by Gasteiger charge is -2.53. The summed E-state index contributed by atoms with van der Waals surface area (Å²) in [5.74, 6) is 0. The third kappa shape index (κ3) is 4.49. The van der Waals surface area contributed by atoms with Crippen molar-refractivity contribution in [3.8, 4) is 0 Å². The van der Waals surface area contributed by atoms with E-state index < -0.39 is 0 Å². The van der Waals surface area contributed by atoms with Crippen LogP contribution in [0.3, 0.4) is 0 Å². The first-order chi connectivity index (χ1) is 26.0. The fraction of sp³-hybridized carbons (Fsp3) is 0.280. The van der Waals surface area contributed by atoms with Gasteiger partial charge in [-0.15, -0.1) is 0 Å². The zero-order valence-corrected chi connectivity index (χ0v) is 32.9. The molecule has 3 nitrogen and oxygen atoms in total. The minimum absolute atomic E-state index is 0.0243. The van der Waals surface area contributed by atoms with E-state index in [0.717, 1.165) is 11.4 Å². The van der Waals surface area contributed by atoms with E-state index in [1.807, 2.05) is 0 Å². The van der Waals surface area contributed by atoms with Crippen LogP contribution in [0.5, 0.6) is 0 Å². The van der Waals surface area contributed by atoms with E-state index in [2.05, 4.69) is 191 Å². The number of benzene rings is 6. The van der Waals surface area contributed by atoms with E-state index in [-0.39, 0.29) is 23.1 Å². The van der Waals surface area contributed by atoms with Gasteiger partial charge < -0.3 is 14.7 Å². The average molecular weight is 704 g/mol. The highest BCUT2D eigenvalue weighted by molar-refractivity contribution is 7.00. The number of fused-ring (bicyclic) bond motifs is 7. The molecule has 4 heteroatoms. The third-order valence-electron chi connectivity index (χ3n) is 13.7. The smallest absolute Gasteiger partial charge is 0.252 e. The fourth-order valence-corrected chi connectivity index (χ4v) is 10.8. The number of hydrogen-bond acceptors (Lipinski definition) is 3. The molecule has 2 atom stereocenters. The van der Waals surface area contributed by atoms with Crippen LogP contribution in [0.4, 0.5) is 45.5 Å². The van der Waals surface area contributed by atoms with Gasteiger partial charge in [0, 0.05) is 45.2 Å². The molecular weight excluding hydrogens is 653 g/mol. The predicted octanol–water partition coefficient (Wildman–Crippen LogP) is 11.4. The summed E-state index contributed by atoms with van der Waals surface area (Å²) >= 11 is 0. The van der Waals surface area contributed by atoms with Crippen molar-refractivity contribution in [3.05, 3.63) is 150 Å². The molecule has 0 aromatic heterocycles. The van der Waals surface area contributed by atoms with Crippen molar-refractivity contribution in [3.63, 3.8) is 0 Å². The van der Waals surface area contributed by atoms with Crippen LogP contribution >= 0.6 is 0 Å². The summed E-state index contributed by atoms with van der Waals surface area (Å²) in [5, 5.41) is 0. The Morgan fingerprint density at radius 2 is 1.22 bits per heavy atom. The maximum absolute atomic E-state index is 2.87. The van der Waals surface area contributed by atoms with Gasteiger partial charge in [0.1, 0.15) is 0 Å². The third-order valence-corrected chi connectivity index (χ3v) is 13.7. The molecule has 3 heterocycles. The molecule has 6 aromatic rings. The second-order valence-corrected chi connectivity index (χ2v) is 17.8. The number of anilines is 8. The number of aryl methyl sites for hydroxylation is 2. The lowest BCUT2D eigenvalue weighted by Crippen LogP contribution is -2.64. The summed E-state index contributed by atoms with van der Waals surface area (Å²) in [6, 6.07) is 48.1. The molecule has 3 aliphatic heterocycles. The van der Waals surface area contributed by atoms with Crippen molar-refractivity contribution in [1.82, 2.24) is 0 Å². The Kier molecular flexibility index (Phi) is 7.19. The van der Waals surface area contributed by atoms with E-state index in [0.29, 0.717) is 0 Å². The molecule has 54 heavy (non-hydrogen) atoms. The number of nitrogens with zero attached hydrogens (tertiary/aromatic N) is 3. The molecule has 4 aliphatic rings. The maximum Gasteiger partial charge on any atom is 0.252 e. The summed E-state index contributed by atoms with van der Waals surface area (Å²) in [7, 11) is 0. The highest BCUT2D eigenvalue weighted by Crippen LogP contribution is 2.62. The molecule has 1 aliphatic carbocycles. The van der Waals surface area contributed by atoms with Gasteiger partial charge in [0.25, 0.3) is 6.71 Å². The Hall–Kier alpha value is -5.22. The first kappa shape index (κ1) is 33.4. The van der Waals surface area contributed by atoms with E-state index in [1.165, 1.54) is 92.9 Å². The van der Waals surface area contributed by atoms with Crippen molar-refractivity contribution in [2.45, 2.75) is 90.5 Å². The topological polar surface area (TPSA) is 9.72 Å². The SMILES string of the molecule is Cc1ccccc1N1c2cc(N(c3ccccc3)c3ccccc3)cc3c2B(c2cccc(C)c21)c1cc(C(C)(C)C)cc2c1N3C1(C)CCCCC21C. The van der Waals surface area contributed by atoms with Crippen LogP contribution < -0.4 is 31.1 Å². The van der Waals surface area contributed by atoms with Crippen molar-refractivity contribution in [2.75, 3.05) is 14.7 Å². The average Bonchev–Trinajstić information content (AvgIpc) is 3.38. The number of rotatable bonds is 4. The minimum atomic E-state index is -0.0685. The molecule has 0 saturated heterocycles. The van der Waals surface area contributed by atoms with Crippen LogP contribution in [0.15, 0.2) is 127 Å². The molecular formula is C50H50BN3. The molecule has 0 amide bonds. The standard InChI is InChI=1S/C50H50BN3/c1-33-19-14-15-26-42(33)53-43-31-38(52(36-21-10-8-11-22-36)37-23-12-9-13-24-37)32-44-45(43)51(40-25-18-20-34(2)46(40)53)41-30-35(48(3,4)5)29-39-47(41)54(44)50(7)28-17-16-27-49(39,50)6/h8-15,18-26,29-32H,16-17,27-28H2,1-7H3. The first-order valence-electron chi connectivity index (χ1n) is 20.0. The van der Waals surface area contributed by atoms with Crippen molar-refractivity contribution in [2.24, 2.45) is 0 Å². The molecule has 0 radical (unpaired) electrons. The van der Waals surface area contributed by atoms with E-state index in [1.54, 1.807) is 5.56 Å². The molecule has 0 spiro atoms. The quantitative estimate of drug-likeness (QED) is 0.169. The molecule has 6 aromatic carbocycles. The van der Waals surface area contributed by atoms with Gasteiger partial charge in [0.05, 0.1) is 11.2 Å². The van der Waals surface area contributed by atoms with Gasteiger partial charge in [-0.1, -0.05) is 125 Å². The Labute approximate surface area is 322 Å².